The SMILES string of the molecule is FC(F)(F)c1ccc(-c2nc3ccccn3c2C(F)(F)F)c(C(F)(F)F)c1. The first-order valence-corrected chi connectivity index (χ1v) is 7.13. The number of hydrogen-bond donors (Lipinski definition) is 0. The first kappa shape index (κ1) is 19.1. The van der Waals surface area contributed by atoms with Gasteiger partial charge in [0.05, 0.1) is 11.1 Å². The second kappa shape index (κ2) is 5.89. The third-order valence-corrected chi connectivity index (χ3v) is 3.71. The van der Waals surface area contributed by atoms with Gasteiger partial charge in [-0.3, -0.25) is 4.40 Å². The molecule has 0 radical (unpaired) electrons. The van der Waals surface area contributed by atoms with Gasteiger partial charge in [0.15, 0.2) is 5.69 Å². The van der Waals surface area contributed by atoms with Crippen LogP contribution in [-0.4, -0.2) is 9.38 Å². The molecule has 11 heteroatoms. The Bertz CT molecular complexity index is 994. The zero-order chi connectivity index (χ0) is 20.2. The molecule has 1 aromatic carbocycles. The van der Waals surface area contributed by atoms with Crippen LogP contribution in [-0.2, 0) is 18.5 Å². The van der Waals surface area contributed by atoms with Crippen molar-refractivity contribution in [1.82, 2.24) is 9.38 Å². The molecule has 2 nitrogen and oxygen atoms in total. The van der Waals surface area contributed by atoms with Crippen molar-refractivity contribution < 1.29 is 39.5 Å². The van der Waals surface area contributed by atoms with Gasteiger partial charge in [-0.1, -0.05) is 12.1 Å². The lowest BCUT2D eigenvalue weighted by atomic mass is 9.99. The normalized spacial score (nSPS) is 13.4. The number of halogens is 9. The highest BCUT2D eigenvalue weighted by atomic mass is 19.4. The number of aromatic nitrogens is 2. The lowest BCUT2D eigenvalue weighted by molar-refractivity contribution is -0.144. The van der Waals surface area contributed by atoms with Crippen molar-refractivity contribution >= 4 is 5.65 Å². The zero-order valence-corrected chi connectivity index (χ0v) is 12.8. The fraction of sp³-hybridized carbons (Fsp3) is 0.188. The summed E-state index contributed by atoms with van der Waals surface area (Å²) in [5.74, 6) is 0. The minimum atomic E-state index is -5.32. The first-order chi connectivity index (χ1) is 12.3. The largest absolute Gasteiger partial charge is 0.433 e. The van der Waals surface area contributed by atoms with Crippen molar-refractivity contribution in [3.63, 3.8) is 0 Å². The maximum Gasteiger partial charge on any atom is 0.433 e. The number of imidazole rings is 1. The summed E-state index contributed by atoms with van der Waals surface area (Å²) in [6, 6.07) is 4.09. The van der Waals surface area contributed by atoms with Crippen molar-refractivity contribution in [3.05, 3.63) is 59.4 Å². The number of benzene rings is 1. The molecule has 0 N–H and O–H groups in total. The van der Waals surface area contributed by atoms with Gasteiger partial charge in [0.25, 0.3) is 0 Å². The maximum absolute atomic E-state index is 13.5. The standard InChI is InChI=1S/C16H7F9N2/c17-14(18,19)8-4-5-9(10(7-8)15(20,21)22)12-13(16(23,24)25)27-6-2-1-3-11(27)26-12/h1-7H. The topological polar surface area (TPSA) is 17.3 Å². The summed E-state index contributed by atoms with van der Waals surface area (Å²) in [5.41, 5.74) is -7.49. The third kappa shape index (κ3) is 3.45. The molecule has 0 unspecified atom stereocenters. The third-order valence-electron chi connectivity index (χ3n) is 3.71. The van der Waals surface area contributed by atoms with Crippen molar-refractivity contribution in [3.8, 4) is 11.3 Å². The van der Waals surface area contributed by atoms with Crippen LogP contribution in [0.5, 0.6) is 0 Å². The number of hydrogen-bond acceptors (Lipinski definition) is 1. The van der Waals surface area contributed by atoms with E-state index in [-0.39, 0.29) is 17.8 Å². The number of nitrogens with zero attached hydrogens (tertiary/aromatic N) is 2. The molecule has 0 fully saturated rings. The molecule has 2 aromatic heterocycles. The quantitative estimate of drug-likeness (QED) is 0.456. The molecule has 0 aliphatic carbocycles. The fourth-order valence-electron chi connectivity index (χ4n) is 2.62. The Kier molecular flexibility index (Phi) is 4.16. The van der Waals surface area contributed by atoms with Gasteiger partial charge in [-0.25, -0.2) is 4.98 Å². The van der Waals surface area contributed by atoms with E-state index in [9.17, 15) is 39.5 Å². The smallest absolute Gasteiger partial charge is 0.295 e. The van der Waals surface area contributed by atoms with Crippen molar-refractivity contribution in [2.75, 3.05) is 0 Å². The molecule has 0 aliphatic rings. The molecule has 0 atom stereocenters. The van der Waals surface area contributed by atoms with Crippen LogP contribution in [0.3, 0.4) is 0 Å². The molecule has 0 saturated heterocycles. The van der Waals surface area contributed by atoms with E-state index < -0.39 is 46.6 Å². The number of rotatable bonds is 1. The first-order valence-electron chi connectivity index (χ1n) is 7.13. The van der Waals surface area contributed by atoms with E-state index in [1.807, 2.05) is 0 Å². The molecule has 3 rings (SSSR count). The Balaban J connectivity index is 2.38. The van der Waals surface area contributed by atoms with Gasteiger partial charge < -0.3 is 0 Å². The van der Waals surface area contributed by atoms with Crippen molar-refractivity contribution in [2.45, 2.75) is 18.5 Å². The monoisotopic (exact) mass is 398 g/mol. The van der Waals surface area contributed by atoms with Gasteiger partial charge in [0.1, 0.15) is 11.3 Å². The predicted octanol–water partition coefficient (Wildman–Crippen LogP) is 6.06. The summed E-state index contributed by atoms with van der Waals surface area (Å²) in [6.07, 6.45) is -14.6. The van der Waals surface area contributed by atoms with Gasteiger partial charge in [-0.05, 0) is 24.3 Å². The summed E-state index contributed by atoms with van der Waals surface area (Å²) >= 11 is 0. The Morgan fingerprint density at radius 1 is 0.741 bits per heavy atom. The minimum absolute atomic E-state index is 0.223. The number of alkyl halides is 9. The Morgan fingerprint density at radius 2 is 1.41 bits per heavy atom. The van der Waals surface area contributed by atoms with Gasteiger partial charge in [0.2, 0.25) is 0 Å². The summed E-state index contributed by atoms with van der Waals surface area (Å²) in [6.45, 7) is 0. The van der Waals surface area contributed by atoms with Crippen LogP contribution >= 0.6 is 0 Å². The fourth-order valence-corrected chi connectivity index (χ4v) is 2.62. The van der Waals surface area contributed by atoms with Crippen LogP contribution in [0.2, 0.25) is 0 Å². The minimum Gasteiger partial charge on any atom is -0.295 e. The van der Waals surface area contributed by atoms with E-state index in [0.29, 0.717) is 10.5 Å². The molecule has 144 valence electrons. The summed E-state index contributed by atoms with van der Waals surface area (Å²) in [7, 11) is 0. The van der Waals surface area contributed by atoms with E-state index in [1.165, 1.54) is 12.1 Å². The Morgan fingerprint density at radius 3 is 1.96 bits per heavy atom. The second-order valence-corrected chi connectivity index (χ2v) is 5.49. The van der Waals surface area contributed by atoms with E-state index in [4.69, 9.17) is 0 Å². The van der Waals surface area contributed by atoms with Crippen molar-refractivity contribution in [2.24, 2.45) is 0 Å². The van der Waals surface area contributed by atoms with Gasteiger partial charge in [-0.15, -0.1) is 0 Å². The van der Waals surface area contributed by atoms with Crippen LogP contribution < -0.4 is 0 Å². The molecule has 27 heavy (non-hydrogen) atoms. The summed E-state index contributed by atoms with van der Waals surface area (Å²) < 4.78 is 119. The lowest BCUT2D eigenvalue weighted by Crippen LogP contribution is -2.14. The maximum atomic E-state index is 13.5. The van der Waals surface area contributed by atoms with Crippen LogP contribution in [0.4, 0.5) is 39.5 Å². The van der Waals surface area contributed by atoms with Crippen molar-refractivity contribution in [1.29, 1.82) is 0 Å². The molecule has 0 aliphatic heterocycles. The van der Waals surface area contributed by atoms with Crippen LogP contribution in [0.25, 0.3) is 16.9 Å². The lowest BCUT2D eigenvalue weighted by Gasteiger charge is -2.16. The number of pyridine rings is 1. The van der Waals surface area contributed by atoms with E-state index >= 15 is 0 Å². The molecule has 0 bridgehead atoms. The van der Waals surface area contributed by atoms with E-state index in [0.717, 1.165) is 12.3 Å². The van der Waals surface area contributed by atoms with Gasteiger partial charge in [0, 0.05) is 11.8 Å². The molecule has 0 saturated carbocycles. The van der Waals surface area contributed by atoms with Gasteiger partial charge in [-0.2, -0.15) is 39.5 Å². The highest BCUT2D eigenvalue weighted by Gasteiger charge is 2.43. The average molecular weight is 398 g/mol. The van der Waals surface area contributed by atoms with Crippen LogP contribution in [0, 0.1) is 0 Å². The number of fused-ring (bicyclic) bond motifs is 1. The molecule has 2 heterocycles. The second-order valence-electron chi connectivity index (χ2n) is 5.49. The van der Waals surface area contributed by atoms with E-state index in [1.54, 1.807) is 0 Å². The summed E-state index contributed by atoms with van der Waals surface area (Å²) in [4.78, 5) is 3.58. The molecule has 0 amide bonds. The highest BCUT2D eigenvalue weighted by molar-refractivity contribution is 5.71. The molecule has 0 spiro atoms. The van der Waals surface area contributed by atoms with Crippen LogP contribution in [0.15, 0.2) is 42.6 Å². The van der Waals surface area contributed by atoms with Crippen LogP contribution in [0.1, 0.15) is 16.8 Å². The average Bonchev–Trinajstić information content (AvgIpc) is 2.92. The Hall–Kier alpha value is -2.72. The predicted molar refractivity (Wildman–Crippen MR) is 75.6 cm³/mol. The van der Waals surface area contributed by atoms with Gasteiger partial charge >= 0.3 is 18.5 Å². The Labute approximate surface area is 144 Å². The summed E-state index contributed by atoms with van der Waals surface area (Å²) in [5, 5.41) is 0. The highest BCUT2D eigenvalue weighted by Crippen LogP contribution is 2.44. The molecular weight excluding hydrogens is 391 g/mol. The molecule has 3 aromatic rings. The molecular formula is C16H7F9N2. The zero-order valence-electron chi connectivity index (χ0n) is 12.8. The van der Waals surface area contributed by atoms with E-state index in [2.05, 4.69) is 4.98 Å².